The molecule has 0 saturated heterocycles. The quantitative estimate of drug-likeness (QED) is 0.764. The second-order valence-electron chi connectivity index (χ2n) is 6.36. The van der Waals surface area contributed by atoms with E-state index < -0.39 is 0 Å². The van der Waals surface area contributed by atoms with Gasteiger partial charge in [-0.25, -0.2) is 0 Å². The van der Waals surface area contributed by atoms with Gasteiger partial charge in [0.2, 0.25) is 5.91 Å². The number of amides is 1. The maximum atomic E-state index is 12.5. The van der Waals surface area contributed by atoms with Crippen molar-refractivity contribution in [1.29, 1.82) is 0 Å². The summed E-state index contributed by atoms with van der Waals surface area (Å²) in [6.07, 6.45) is 0.336. The number of aromatic nitrogens is 1. The Labute approximate surface area is 142 Å². The van der Waals surface area contributed by atoms with E-state index in [1.807, 2.05) is 51.1 Å². The van der Waals surface area contributed by atoms with Gasteiger partial charge in [-0.2, -0.15) is 0 Å². The van der Waals surface area contributed by atoms with E-state index in [-0.39, 0.29) is 5.91 Å². The number of fused-ring (bicyclic) bond motifs is 1. The normalized spacial score (nSPS) is 10.8. The Morgan fingerprint density at radius 3 is 2.54 bits per heavy atom. The number of pyridine rings is 1. The zero-order valence-corrected chi connectivity index (χ0v) is 14.6. The molecular formula is C21H22N2O. The van der Waals surface area contributed by atoms with Crippen molar-refractivity contribution in [3.8, 4) is 0 Å². The number of aryl methyl sites for hydroxylation is 4. The van der Waals surface area contributed by atoms with Gasteiger partial charge in [0.05, 0.1) is 11.9 Å². The molecule has 0 spiro atoms. The molecule has 0 aliphatic heterocycles. The summed E-state index contributed by atoms with van der Waals surface area (Å²) in [6.45, 7) is 8.10. The first-order valence-corrected chi connectivity index (χ1v) is 8.17. The number of hydrogen-bond acceptors (Lipinski definition) is 2. The molecule has 1 heterocycles. The molecule has 0 atom stereocenters. The van der Waals surface area contributed by atoms with E-state index in [9.17, 15) is 4.79 Å². The molecule has 3 aromatic rings. The molecule has 0 saturated carbocycles. The highest BCUT2D eigenvalue weighted by atomic mass is 16.1. The van der Waals surface area contributed by atoms with Crippen molar-refractivity contribution in [2.75, 3.05) is 5.32 Å². The van der Waals surface area contributed by atoms with Crippen LogP contribution in [0.5, 0.6) is 0 Å². The molecule has 1 N–H and O–H groups in total. The standard InChI is InChI=1S/C21H22N2O/c1-13-9-10-19(14(2)11-13)23-21(24)12-18-15(3)17-7-5-6-8-20(17)22-16(18)4/h5-11H,12H2,1-4H3,(H,23,24). The van der Waals surface area contributed by atoms with Crippen LogP contribution in [0.3, 0.4) is 0 Å². The summed E-state index contributed by atoms with van der Waals surface area (Å²) >= 11 is 0. The summed E-state index contributed by atoms with van der Waals surface area (Å²) in [5, 5.41) is 4.13. The van der Waals surface area contributed by atoms with Gasteiger partial charge in [0, 0.05) is 16.8 Å². The third kappa shape index (κ3) is 3.16. The molecule has 0 bridgehead atoms. The summed E-state index contributed by atoms with van der Waals surface area (Å²) in [7, 11) is 0. The molecular weight excluding hydrogens is 296 g/mol. The lowest BCUT2D eigenvalue weighted by atomic mass is 9.99. The molecule has 24 heavy (non-hydrogen) atoms. The molecule has 1 aromatic heterocycles. The average Bonchev–Trinajstić information content (AvgIpc) is 2.54. The number of carbonyl (C=O) groups excluding carboxylic acids is 1. The Morgan fingerprint density at radius 2 is 1.79 bits per heavy atom. The predicted molar refractivity (Wildman–Crippen MR) is 99.5 cm³/mol. The molecule has 122 valence electrons. The number of benzene rings is 2. The molecule has 0 fully saturated rings. The maximum Gasteiger partial charge on any atom is 0.228 e. The monoisotopic (exact) mass is 318 g/mol. The second-order valence-corrected chi connectivity index (χ2v) is 6.36. The number of carbonyl (C=O) groups is 1. The van der Waals surface area contributed by atoms with Crippen LogP contribution < -0.4 is 5.32 Å². The van der Waals surface area contributed by atoms with Crippen LogP contribution in [0.1, 0.15) is 27.9 Å². The van der Waals surface area contributed by atoms with Crippen LogP contribution in [0.25, 0.3) is 10.9 Å². The molecule has 1 amide bonds. The molecule has 0 aliphatic carbocycles. The first-order chi connectivity index (χ1) is 11.5. The van der Waals surface area contributed by atoms with Crippen molar-refractivity contribution in [3.05, 3.63) is 70.4 Å². The molecule has 3 heteroatoms. The number of para-hydroxylation sites is 1. The minimum Gasteiger partial charge on any atom is -0.326 e. The van der Waals surface area contributed by atoms with E-state index in [2.05, 4.69) is 29.4 Å². The fourth-order valence-electron chi connectivity index (χ4n) is 3.14. The van der Waals surface area contributed by atoms with E-state index in [0.717, 1.165) is 39.0 Å². The van der Waals surface area contributed by atoms with Crippen LogP contribution >= 0.6 is 0 Å². The van der Waals surface area contributed by atoms with E-state index in [0.29, 0.717) is 6.42 Å². The molecule has 3 nitrogen and oxygen atoms in total. The Morgan fingerprint density at radius 1 is 1.04 bits per heavy atom. The highest BCUT2D eigenvalue weighted by molar-refractivity contribution is 5.94. The van der Waals surface area contributed by atoms with Crippen LogP contribution in [0.4, 0.5) is 5.69 Å². The zero-order chi connectivity index (χ0) is 17.3. The number of nitrogens with zero attached hydrogens (tertiary/aromatic N) is 1. The van der Waals surface area contributed by atoms with Gasteiger partial charge < -0.3 is 5.32 Å². The summed E-state index contributed by atoms with van der Waals surface area (Å²) in [4.78, 5) is 17.2. The summed E-state index contributed by atoms with van der Waals surface area (Å²) < 4.78 is 0. The Hall–Kier alpha value is -2.68. The van der Waals surface area contributed by atoms with Crippen molar-refractivity contribution >= 4 is 22.5 Å². The van der Waals surface area contributed by atoms with E-state index in [4.69, 9.17) is 0 Å². The zero-order valence-electron chi connectivity index (χ0n) is 14.6. The minimum atomic E-state index is -0.00904. The van der Waals surface area contributed by atoms with Gasteiger partial charge in [0.25, 0.3) is 0 Å². The highest BCUT2D eigenvalue weighted by Gasteiger charge is 2.13. The van der Waals surface area contributed by atoms with Crippen molar-refractivity contribution in [2.24, 2.45) is 0 Å². The average molecular weight is 318 g/mol. The third-order valence-corrected chi connectivity index (χ3v) is 4.48. The van der Waals surface area contributed by atoms with E-state index >= 15 is 0 Å². The lowest BCUT2D eigenvalue weighted by Gasteiger charge is -2.13. The van der Waals surface area contributed by atoms with Crippen LogP contribution in [0, 0.1) is 27.7 Å². The molecule has 0 unspecified atom stereocenters. The third-order valence-electron chi connectivity index (χ3n) is 4.48. The number of nitrogens with one attached hydrogen (secondary N) is 1. The predicted octanol–water partition coefficient (Wildman–Crippen LogP) is 4.65. The van der Waals surface area contributed by atoms with Crippen LogP contribution in [-0.2, 0) is 11.2 Å². The van der Waals surface area contributed by atoms with Crippen molar-refractivity contribution in [1.82, 2.24) is 4.98 Å². The summed E-state index contributed by atoms with van der Waals surface area (Å²) in [5.74, 6) is -0.00904. The van der Waals surface area contributed by atoms with Gasteiger partial charge >= 0.3 is 0 Å². The number of hydrogen-bond donors (Lipinski definition) is 1. The fourth-order valence-corrected chi connectivity index (χ4v) is 3.14. The number of anilines is 1. The lowest BCUT2D eigenvalue weighted by molar-refractivity contribution is -0.115. The van der Waals surface area contributed by atoms with Crippen molar-refractivity contribution in [3.63, 3.8) is 0 Å². The van der Waals surface area contributed by atoms with Gasteiger partial charge in [-0.1, -0.05) is 35.9 Å². The van der Waals surface area contributed by atoms with Gasteiger partial charge in [0.15, 0.2) is 0 Å². The summed E-state index contributed by atoms with van der Waals surface area (Å²) in [5.41, 5.74) is 7.18. The summed E-state index contributed by atoms with van der Waals surface area (Å²) in [6, 6.07) is 14.1. The van der Waals surface area contributed by atoms with Gasteiger partial charge in [-0.3, -0.25) is 9.78 Å². The topological polar surface area (TPSA) is 42.0 Å². The van der Waals surface area contributed by atoms with E-state index in [1.165, 1.54) is 5.56 Å². The SMILES string of the molecule is Cc1ccc(NC(=O)Cc2c(C)nc3ccccc3c2C)c(C)c1. The van der Waals surface area contributed by atoms with Crippen LogP contribution in [0.2, 0.25) is 0 Å². The highest BCUT2D eigenvalue weighted by Crippen LogP contribution is 2.23. The van der Waals surface area contributed by atoms with Crippen molar-refractivity contribution < 1.29 is 4.79 Å². The maximum absolute atomic E-state index is 12.5. The van der Waals surface area contributed by atoms with Gasteiger partial charge in [-0.15, -0.1) is 0 Å². The Kier molecular flexibility index (Phi) is 4.34. The van der Waals surface area contributed by atoms with Gasteiger partial charge in [0.1, 0.15) is 0 Å². The lowest BCUT2D eigenvalue weighted by Crippen LogP contribution is -2.17. The van der Waals surface area contributed by atoms with Crippen LogP contribution in [0.15, 0.2) is 42.5 Å². The number of rotatable bonds is 3. The first-order valence-electron chi connectivity index (χ1n) is 8.17. The molecule has 0 aliphatic rings. The van der Waals surface area contributed by atoms with Crippen LogP contribution in [-0.4, -0.2) is 10.9 Å². The second kappa shape index (κ2) is 6.44. The smallest absolute Gasteiger partial charge is 0.228 e. The van der Waals surface area contributed by atoms with E-state index in [1.54, 1.807) is 0 Å². The Bertz CT molecular complexity index is 929. The van der Waals surface area contributed by atoms with Gasteiger partial charge in [-0.05, 0) is 56.5 Å². The minimum absolute atomic E-state index is 0.00904. The first kappa shape index (κ1) is 16.2. The molecule has 0 radical (unpaired) electrons. The molecule has 3 rings (SSSR count). The largest absolute Gasteiger partial charge is 0.326 e. The molecule has 2 aromatic carbocycles. The Balaban J connectivity index is 1.88. The van der Waals surface area contributed by atoms with Crippen molar-refractivity contribution in [2.45, 2.75) is 34.1 Å². The fraction of sp³-hybridized carbons (Fsp3) is 0.238.